The predicted octanol–water partition coefficient (Wildman–Crippen LogP) is 1.98. The molecule has 0 aromatic heterocycles. The van der Waals surface area contributed by atoms with E-state index in [9.17, 15) is 0 Å². The molecule has 0 amide bonds. The average Bonchev–Trinajstić information content (AvgIpc) is 1.72. The third-order valence-corrected chi connectivity index (χ3v) is 3.02. The molecule has 1 aliphatic heterocycles. The number of hydrogen-bond donors (Lipinski definition) is 0. The van der Waals surface area contributed by atoms with E-state index in [1.54, 1.807) is 0 Å². The Labute approximate surface area is 46.5 Å². The fraction of sp³-hybridized carbons (Fsp3) is 0.750. The molecule has 1 fully saturated rings. The predicted molar refractivity (Wildman–Crippen MR) is 33.8 cm³/mol. The second-order valence-corrected chi connectivity index (χ2v) is 3.81. The van der Waals surface area contributed by atoms with Gasteiger partial charge in [-0.05, 0) is 12.8 Å². The lowest BCUT2D eigenvalue weighted by atomic mass is 10.4. The molecule has 0 nitrogen and oxygen atoms in total. The van der Waals surface area contributed by atoms with Gasteiger partial charge in [-0.15, -0.1) is 0 Å². The maximum atomic E-state index is 2.33. The molecular formula is C4H7S2. The van der Waals surface area contributed by atoms with Crippen LogP contribution in [-0.4, -0.2) is 11.5 Å². The summed E-state index contributed by atoms with van der Waals surface area (Å²) in [5.41, 5.74) is 0. The summed E-state index contributed by atoms with van der Waals surface area (Å²) >= 11 is 0. The van der Waals surface area contributed by atoms with Crippen LogP contribution in [0.3, 0.4) is 0 Å². The molecule has 0 N–H and O–H groups in total. The standard InChI is InChI=1S/C4H7S2/c1-2-4-6-5-3-1/h1H,2-4H2. The van der Waals surface area contributed by atoms with E-state index in [1.165, 1.54) is 17.9 Å². The average molecular weight is 119 g/mol. The quantitative estimate of drug-likeness (QED) is 0.447. The van der Waals surface area contributed by atoms with Crippen molar-refractivity contribution in [2.45, 2.75) is 6.42 Å². The van der Waals surface area contributed by atoms with Crippen molar-refractivity contribution < 1.29 is 0 Å². The van der Waals surface area contributed by atoms with Gasteiger partial charge in [-0.3, -0.25) is 0 Å². The van der Waals surface area contributed by atoms with Gasteiger partial charge in [0.2, 0.25) is 0 Å². The summed E-state index contributed by atoms with van der Waals surface area (Å²) in [4.78, 5) is 0. The second-order valence-electron chi connectivity index (χ2n) is 1.18. The normalized spacial score (nSPS) is 24.0. The lowest BCUT2D eigenvalue weighted by Gasteiger charge is -2.04. The molecular weight excluding hydrogens is 112 g/mol. The van der Waals surface area contributed by atoms with Gasteiger partial charge < -0.3 is 0 Å². The van der Waals surface area contributed by atoms with Gasteiger partial charge in [0.25, 0.3) is 0 Å². The lowest BCUT2D eigenvalue weighted by Crippen LogP contribution is -1.87. The summed E-state index contributed by atoms with van der Waals surface area (Å²) in [6.45, 7) is 0. The van der Waals surface area contributed by atoms with Gasteiger partial charge in [-0.25, -0.2) is 0 Å². The summed E-state index contributed by atoms with van der Waals surface area (Å²) in [6.07, 6.45) is 3.65. The van der Waals surface area contributed by atoms with E-state index in [0.717, 1.165) is 0 Å². The first-order valence-corrected chi connectivity index (χ1v) is 4.55. The molecule has 0 saturated carbocycles. The third-order valence-electron chi connectivity index (χ3n) is 0.675. The number of hydrogen-bond acceptors (Lipinski definition) is 2. The van der Waals surface area contributed by atoms with Gasteiger partial charge >= 0.3 is 0 Å². The van der Waals surface area contributed by atoms with Gasteiger partial charge in [0.15, 0.2) is 0 Å². The van der Waals surface area contributed by atoms with Crippen molar-refractivity contribution in [3.8, 4) is 0 Å². The fourth-order valence-corrected chi connectivity index (χ4v) is 2.33. The summed E-state index contributed by atoms with van der Waals surface area (Å²) in [7, 11) is 3.94. The van der Waals surface area contributed by atoms with Crippen molar-refractivity contribution in [2.75, 3.05) is 11.5 Å². The third kappa shape index (κ3) is 1.43. The zero-order chi connectivity index (χ0) is 4.24. The highest BCUT2D eigenvalue weighted by Crippen LogP contribution is 2.27. The Kier molecular flexibility index (Phi) is 2.27. The Morgan fingerprint density at radius 1 is 1.33 bits per heavy atom. The molecule has 1 aliphatic rings. The van der Waals surface area contributed by atoms with Crippen LogP contribution < -0.4 is 0 Å². The van der Waals surface area contributed by atoms with Crippen LogP contribution in [0.25, 0.3) is 0 Å². The Hall–Kier alpha value is 0.700. The van der Waals surface area contributed by atoms with Gasteiger partial charge in [-0.1, -0.05) is 21.6 Å². The van der Waals surface area contributed by atoms with Crippen LogP contribution in [-0.2, 0) is 0 Å². The molecule has 0 atom stereocenters. The van der Waals surface area contributed by atoms with Crippen LogP contribution in [0.1, 0.15) is 6.42 Å². The van der Waals surface area contributed by atoms with Crippen molar-refractivity contribution >= 4 is 21.6 Å². The largest absolute Gasteiger partial charge is 0.0941 e. The van der Waals surface area contributed by atoms with E-state index in [-0.39, 0.29) is 0 Å². The maximum absolute atomic E-state index is 2.33. The van der Waals surface area contributed by atoms with Gasteiger partial charge in [0.1, 0.15) is 0 Å². The van der Waals surface area contributed by atoms with Gasteiger partial charge in [0, 0.05) is 11.5 Å². The first kappa shape index (κ1) is 4.85. The molecule has 0 unspecified atom stereocenters. The molecule has 0 aromatic rings. The van der Waals surface area contributed by atoms with Crippen molar-refractivity contribution in [2.24, 2.45) is 0 Å². The van der Waals surface area contributed by atoms with Crippen LogP contribution in [0.4, 0.5) is 0 Å². The van der Waals surface area contributed by atoms with Crippen LogP contribution in [0.15, 0.2) is 0 Å². The van der Waals surface area contributed by atoms with Crippen LogP contribution in [0.5, 0.6) is 0 Å². The van der Waals surface area contributed by atoms with Gasteiger partial charge in [-0.2, -0.15) is 0 Å². The number of rotatable bonds is 0. The topological polar surface area (TPSA) is 0 Å². The van der Waals surface area contributed by atoms with Crippen molar-refractivity contribution in [3.63, 3.8) is 0 Å². The molecule has 6 heavy (non-hydrogen) atoms. The zero-order valence-electron chi connectivity index (χ0n) is 3.52. The van der Waals surface area contributed by atoms with E-state index in [0.29, 0.717) is 0 Å². The Balaban J connectivity index is 2.00. The van der Waals surface area contributed by atoms with E-state index in [4.69, 9.17) is 0 Å². The summed E-state index contributed by atoms with van der Waals surface area (Å²) in [6, 6.07) is 0. The lowest BCUT2D eigenvalue weighted by molar-refractivity contribution is 1.12. The molecule has 35 valence electrons. The molecule has 1 saturated heterocycles. The highest BCUT2D eigenvalue weighted by molar-refractivity contribution is 8.76. The smallest absolute Gasteiger partial charge is 0.00685 e. The molecule has 0 aromatic carbocycles. The van der Waals surface area contributed by atoms with Crippen LogP contribution in [0.2, 0.25) is 0 Å². The summed E-state index contributed by atoms with van der Waals surface area (Å²) in [5.74, 6) is 2.58. The van der Waals surface area contributed by atoms with E-state index >= 15 is 0 Å². The molecule has 0 spiro atoms. The first-order valence-electron chi connectivity index (χ1n) is 2.06. The highest BCUT2D eigenvalue weighted by Gasteiger charge is 1.96. The molecule has 2 heteroatoms. The van der Waals surface area contributed by atoms with Gasteiger partial charge in [0.05, 0.1) is 0 Å². The minimum atomic E-state index is 1.25. The maximum Gasteiger partial charge on any atom is 0.00685 e. The van der Waals surface area contributed by atoms with Crippen LogP contribution >= 0.6 is 21.6 Å². The SMILES string of the molecule is [CH]1CCSSC1. The molecule has 1 radical (unpaired) electrons. The van der Waals surface area contributed by atoms with E-state index in [1.807, 2.05) is 21.6 Å². The molecule has 1 rings (SSSR count). The Morgan fingerprint density at radius 3 is 2.50 bits per heavy atom. The van der Waals surface area contributed by atoms with E-state index in [2.05, 4.69) is 6.42 Å². The second kappa shape index (κ2) is 2.80. The highest BCUT2D eigenvalue weighted by atomic mass is 33.1. The molecule has 1 heterocycles. The van der Waals surface area contributed by atoms with E-state index < -0.39 is 0 Å². The minimum absolute atomic E-state index is 1.25. The van der Waals surface area contributed by atoms with Crippen molar-refractivity contribution in [1.82, 2.24) is 0 Å². The minimum Gasteiger partial charge on any atom is -0.0941 e. The summed E-state index contributed by atoms with van der Waals surface area (Å²) < 4.78 is 0. The molecule has 0 bridgehead atoms. The first-order chi connectivity index (χ1) is 3.00. The van der Waals surface area contributed by atoms with Crippen molar-refractivity contribution in [3.05, 3.63) is 6.42 Å². The fourth-order valence-electron chi connectivity index (χ4n) is 0.370. The van der Waals surface area contributed by atoms with Crippen molar-refractivity contribution in [1.29, 1.82) is 0 Å². The summed E-state index contributed by atoms with van der Waals surface area (Å²) in [5, 5.41) is 0. The molecule has 0 aliphatic carbocycles. The zero-order valence-corrected chi connectivity index (χ0v) is 5.15. The Bertz CT molecular complexity index is 21.0. The Morgan fingerprint density at radius 2 is 2.33 bits per heavy atom. The monoisotopic (exact) mass is 119 g/mol. The van der Waals surface area contributed by atoms with Crippen LogP contribution in [0, 0.1) is 6.42 Å².